The summed E-state index contributed by atoms with van der Waals surface area (Å²) in [5.74, 6) is -0.775. The molecule has 0 saturated carbocycles. The van der Waals surface area contributed by atoms with Crippen LogP contribution in [0.4, 0.5) is 5.69 Å². The average molecular weight is 375 g/mol. The maximum absolute atomic E-state index is 13.7. The predicted molar refractivity (Wildman–Crippen MR) is 110 cm³/mol. The van der Waals surface area contributed by atoms with Crippen molar-refractivity contribution in [3.05, 3.63) is 59.7 Å². The summed E-state index contributed by atoms with van der Waals surface area (Å²) in [6, 6.07) is 15.0. The van der Waals surface area contributed by atoms with Crippen LogP contribution in [-0.4, -0.2) is 25.8 Å². The molecule has 0 radical (unpaired) electrons. The Morgan fingerprint density at radius 2 is 1.54 bits per heavy atom. The molecular weight excluding hydrogens is 345 g/mol. The second-order valence-corrected chi connectivity index (χ2v) is 9.49. The van der Waals surface area contributed by atoms with E-state index in [9.17, 15) is 9.67 Å². The lowest BCUT2D eigenvalue weighted by molar-refractivity contribution is 0.214. The van der Waals surface area contributed by atoms with Crippen LogP contribution >= 0.6 is 7.37 Å². The van der Waals surface area contributed by atoms with Crippen LogP contribution in [0.15, 0.2) is 48.5 Å². The van der Waals surface area contributed by atoms with Gasteiger partial charge in [-0.2, -0.15) is 0 Å². The maximum Gasteiger partial charge on any atom is 0.264 e. The number of hydrogen-bond acceptors (Lipinski definition) is 4. The first-order valence-corrected chi connectivity index (χ1v) is 10.8. The molecule has 0 aliphatic carbocycles. The van der Waals surface area contributed by atoms with Crippen LogP contribution in [0.1, 0.15) is 50.1 Å². The van der Waals surface area contributed by atoms with Crippen LogP contribution in [-0.2, 0) is 9.09 Å². The van der Waals surface area contributed by atoms with Crippen molar-refractivity contribution in [3.63, 3.8) is 0 Å². The smallest absolute Gasteiger partial charge is 0.264 e. The highest BCUT2D eigenvalue weighted by atomic mass is 31.2. The van der Waals surface area contributed by atoms with Crippen molar-refractivity contribution < 1.29 is 14.2 Å². The minimum Gasteiger partial charge on any atom is -0.378 e. The van der Waals surface area contributed by atoms with E-state index in [1.54, 1.807) is 12.1 Å². The number of hydrogen-bond donors (Lipinski definition) is 1. The highest BCUT2D eigenvalue weighted by molar-refractivity contribution is 7.67. The van der Waals surface area contributed by atoms with E-state index in [1.807, 2.05) is 62.3 Å². The van der Waals surface area contributed by atoms with E-state index in [1.165, 1.54) is 5.56 Å². The van der Waals surface area contributed by atoms with Crippen LogP contribution in [0.25, 0.3) is 0 Å². The fourth-order valence-corrected chi connectivity index (χ4v) is 4.88. The van der Waals surface area contributed by atoms with Gasteiger partial charge in [-0.15, -0.1) is 0 Å². The lowest BCUT2D eigenvalue weighted by Crippen LogP contribution is -2.16. The molecule has 4 nitrogen and oxygen atoms in total. The summed E-state index contributed by atoms with van der Waals surface area (Å²) in [7, 11) is 0.450. The molecule has 0 fully saturated rings. The Labute approximate surface area is 157 Å². The Morgan fingerprint density at radius 3 is 2.00 bits per heavy atom. The molecule has 2 rings (SSSR count). The number of anilines is 1. The highest BCUT2D eigenvalue weighted by Crippen LogP contribution is 2.57. The topological polar surface area (TPSA) is 49.8 Å². The largest absolute Gasteiger partial charge is 0.378 e. The molecule has 1 N–H and O–H groups in total. The first-order chi connectivity index (χ1) is 12.3. The standard InChI is InChI=1S/C21H30NO3P/c1-6-15-25-26(24,20-13-11-19(12-14-20)22(4)5)21(23)18-9-7-17(8-10-18)16(2)3/h7-14,16,21,23H,6,15H2,1-5H3/t21-,26-/m0/s1. The van der Waals surface area contributed by atoms with Gasteiger partial charge in [-0.3, -0.25) is 4.57 Å². The molecule has 0 aliphatic heterocycles. The van der Waals surface area contributed by atoms with Gasteiger partial charge in [-0.1, -0.05) is 45.0 Å². The van der Waals surface area contributed by atoms with Crippen molar-refractivity contribution in [2.75, 3.05) is 25.6 Å². The molecule has 2 atom stereocenters. The molecule has 2 aromatic carbocycles. The van der Waals surface area contributed by atoms with Crippen molar-refractivity contribution >= 4 is 18.4 Å². The Hall–Kier alpha value is -1.61. The zero-order chi connectivity index (χ0) is 19.3. The molecule has 2 aromatic rings. The first kappa shape index (κ1) is 20.7. The summed E-state index contributed by atoms with van der Waals surface area (Å²) < 4.78 is 19.4. The monoisotopic (exact) mass is 375 g/mol. The summed E-state index contributed by atoms with van der Waals surface area (Å²) in [6.07, 6.45) is 0.735. The average Bonchev–Trinajstić information content (AvgIpc) is 2.65. The zero-order valence-corrected chi connectivity index (χ0v) is 17.2. The molecule has 5 heteroatoms. The number of aliphatic hydroxyl groups is 1. The lowest BCUT2D eigenvalue weighted by atomic mass is 10.0. The molecule has 26 heavy (non-hydrogen) atoms. The number of aliphatic hydroxyl groups excluding tert-OH is 1. The van der Waals surface area contributed by atoms with Crippen molar-refractivity contribution in [2.45, 2.75) is 39.0 Å². The third-order valence-corrected chi connectivity index (χ3v) is 6.96. The quantitative estimate of drug-likeness (QED) is 0.667. The van der Waals surface area contributed by atoms with E-state index in [2.05, 4.69) is 13.8 Å². The highest BCUT2D eigenvalue weighted by Gasteiger charge is 2.36. The van der Waals surface area contributed by atoms with E-state index in [4.69, 9.17) is 4.52 Å². The Kier molecular flexibility index (Phi) is 7.05. The minimum atomic E-state index is -3.45. The van der Waals surface area contributed by atoms with E-state index in [-0.39, 0.29) is 0 Å². The van der Waals surface area contributed by atoms with Crippen molar-refractivity contribution in [1.29, 1.82) is 0 Å². The third kappa shape index (κ3) is 4.56. The van der Waals surface area contributed by atoms with Crippen LogP contribution in [0.3, 0.4) is 0 Å². The van der Waals surface area contributed by atoms with Gasteiger partial charge in [0, 0.05) is 25.1 Å². The van der Waals surface area contributed by atoms with Crippen molar-refractivity contribution in [2.24, 2.45) is 0 Å². The molecule has 0 saturated heterocycles. The van der Waals surface area contributed by atoms with Crippen LogP contribution in [0.2, 0.25) is 0 Å². The van der Waals surface area contributed by atoms with Gasteiger partial charge >= 0.3 is 0 Å². The molecule has 0 unspecified atom stereocenters. The van der Waals surface area contributed by atoms with Gasteiger partial charge in [0.25, 0.3) is 7.37 Å². The molecule has 0 aliphatic rings. The summed E-state index contributed by atoms with van der Waals surface area (Å²) >= 11 is 0. The molecule has 0 amide bonds. The molecule has 0 aromatic heterocycles. The Bertz CT molecular complexity index is 739. The van der Waals surface area contributed by atoms with E-state index in [0.717, 1.165) is 12.1 Å². The van der Waals surface area contributed by atoms with Gasteiger partial charge in [0.1, 0.15) is 0 Å². The molecular formula is C21H30NO3P. The number of rotatable bonds is 8. The van der Waals surface area contributed by atoms with E-state index in [0.29, 0.717) is 23.4 Å². The second kappa shape index (κ2) is 8.85. The summed E-state index contributed by atoms with van der Waals surface area (Å²) in [4.78, 5) is 1.97. The number of nitrogens with zero attached hydrogens (tertiary/aromatic N) is 1. The fraction of sp³-hybridized carbons (Fsp3) is 0.429. The number of benzene rings is 2. The van der Waals surface area contributed by atoms with Gasteiger partial charge in [0.05, 0.1) is 6.61 Å². The van der Waals surface area contributed by atoms with Gasteiger partial charge < -0.3 is 14.5 Å². The zero-order valence-electron chi connectivity index (χ0n) is 16.3. The van der Waals surface area contributed by atoms with E-state index >= 15 is 0 Å². The van der Waals surface area contributed by atoms with Gasteiger partial charge in [0.2, 0.25) is 0 Å². The lowest BCUT2D eigenvalue weighted by Gasteiger charge is -2.25. The first-order valence-electron chi connectivity index (χ1n) is 9.09. The minimum absolute atomic E-state index is 0.341. The van der Waals surface area contributed by atoms with Gasteiger partial charge in [-0.25, -0.2) is 0 Å². The van der Waals surface area contributed by atoms with Gasteiger partial charge in [-0.05, 0) is 47.7 Å². The summed E-state index contributed by atoms with van der Waals surface area (Å²) in [6.45, 7) is 6.54. The summed E-state index contributed by atoms with van der Waals surface area (Å²) in [5.41, 5.74) is 2.80. The van der Waals surface area contributed by atoms with Crippen molar-refractivity contribution in [3.8, 4) is 0 Å². The molecule has 0 bridgehead atoms. The third-order valence-electron chi connectivity index (χ3n) is 4.44. The maximum atomic E-state index is 13.7. The van der Waals surface area contributed by atoms with Crippen LogP contribution in [0.5, 0.6) is 0 Å². The van der Waals surface area contributed by atoms with Gasteiger partial charge in [0.15, 0.2) is 5.85 Å². The van der Waals surface area contributed by atoms with E-state index < -0.39 is 13.2 Å². The van der Waals surface area contributed by atoms with Crippen LogP contribution in [0, 0.1) is 0 Å². The Balaban J connectivity index is 2.39. The van der Waals surface area contributed by atoms with Crippen molar-refractivity contribution in [1.82, 2.24) is 0 Å². The predicted octanol–water partition coefficient (Wildman–Crippen LogP) is 4.90. The normalized spacial score (nSPS) is 14.9. The fourth-order valence-electron chi connectivity index (χ4n) is 2.72. The Morgan fingerprint density at radius 1 is 1.00 bits per heavy atom. The SMILES string of the molecule is CCCO[P@@](=O)(c1ccc(N(C)C)cc1)[C@H](O)c1ccc(C(C)C)cc1. The molecule has 142 valence electrons. The van der Waals surface area contributed by atoms with Crippen LogP contribution < -0.4 is 10.2 Å². The molecule has 0 heterocycles. The molecule has 0 spiro atoms. The summed E-state index contributed by atoms with van der Waals surface area (Å²) in [5, 5.41) is 11.5. The second-order valence-electron chi connectivity index (χ2n) is 7.04.